The number of amides is 1. The van der Waals surface area contributed by atoms with Crippen LogP contribution in [0.5, 0.6) is 0 Å². The third kappa shape index (κ3) is 4.75. The molecule has 0 fully saturated rings. The summed E-state index contributed by atoms with van der Waals surface area (Å²) in [4.78, 5) is 42.6. The molecule has 4 rings (SSSR count). The van der Waals surface area contributed by atoms with Crippen molar-refractivity contribution in [3.63, 3.8) is 0 Å². The number of rotatable bonds is 7. The number of H-pyrrole nitrogens is 1. The van der Waals surface area contributed by atoms with Crippen LogP contribution in [0.4, 0.5) is 16.5 Å². The predicted octanol–water partition coefficient (Wildman–Crippen LogP) is 2.44. The fourth-order valence-corrected chi connectivity index (χ4v) is 5.47. The normalized spacial score (nSPS) is 12.6. The number of aryl methyl sites for hydroxylation is 1. The topological polar surface area (TPSA) is 137 Å². The van der Waals surface area contributed by atoms with Crippen LogP contribution in [0.2, 0.25) is 0 Å². The first-order valence-electron chi connectivity index (χ1n) is 11.1. The fraction of sp³-hybridized carbons (Fsp3) is 0.333. The van der Waals surface area contributed by atoms with Crippen LogP contribution >= 0.6 is 11.3 Å². The number of nitriles is 1. The number of nitrogens with one attached hydrogen (secondary N) is 2. The van der Waals surface area contributed by atoms with Gasteiger partial charge in [0.2, 0.25) is 5.91 Å². The zero-order valence-corrected chi connectivity index (χ0v) is 19.7. The van der Waals surface area contributed by atoms with Gasteiger partial charge in [-0.05, 0) is 36.8 Å². The largest absolute Gasteiger partial charge is 0.383 e. The van der Waals surface area contributed by atoms with Crippen LogP contribution in [0.15, 0.2) is 39.9 Å². The molecule has 10 heteroatoms. The monoisotopic (exact) mass is 478 g/mol. The number of nitrogens with zero attached hydrogens (tertiary/aromatic N) is 3. The van der Waals surface area contributed by atoms with E-state index in [9.17, 15) is 19.6 Å². The van der Waals surface area contributed by atoms with Gasteiger partial charge in [-0.3, -0.25) is 19.1 Å². The average Bonchev–Trinajstić information content (AvgIpc) is 3.17. The van der Waals surface area contributed by atoms with Crippen molar-refractivity contribution in [1.29, 1.82) is 5.26 Å². The average molecular weight is 479 g/mol. The van der Waals surface area contributed by atoms with Crippen LogP contribution in [0.1, 0.15) is 40.8 Å². The smallest absolute Gasteiger partial charge is 0.330 e. The number of carbonyl (C=O) groups is 1. The van der Waals surface area contributed by atoms with E-state index >= 15 is 0 Å². The molecule has 2 aromatic heterocycles. The summed E-state index contributed by atoms with van der Waals surface area (Å²) in [5.74, 6) is -0.215. The molecule has 1 aliphatic rings. The van der Waals surface area contributed by atoms with Gasteiger partial charge in [0.25, 0.3) is 5.56 Å². The van der Waals surface area contributed by atoms with Gasteiger partial charge < -0.3 is 16.0 Å². The summed E-state index contributed by atoms with van der Waals surface area (Å²) in [6.07, 6.45) is 4.04. The first-order chi connectivity index (χ1) is 16.4. The summed E-state index contributed by atoms with van der Waals surface area (Å²) in [6, 6.07) is 11.6. The molecule has 3 aromatic rings. The van der Waals surface area contributed by atoms with E-state index < -0.39 is 11.2 Å². The number of thiophene rings is 1. The molecule has 9 nitrogen and oxygen atoms in total. The van der Waals surface area contributed by atoms with Crippen LogP contribution in [0.25, 0.3) is 0 Å². The number of carbonyl (C=O) groups excluding carboxylic acids is 1. The van der Waals surface area contributed by atoms with E-state index in [1.165, 1.54) is 20.8 Å². The van der Waals surface area contributed by atoms with Crippen molar-refractivity contribution in [1.82, 2.24) is 9.55 Å². The second-order valence-corrected chi connectivity index (χ2v) is 9.42. The molecule has 1 aromatic carbocycles. The number of anilines is 3. The Morgan fingerprint density at radius 3 is 2.74 bits per heavy atom. The molecule has 0 spiro atoms. The number of aromatic amines is 1. The Balaban J connectivity index is 1.47. The summed E-state index contributed by atoms with van der Waals surface area (Å²) in [6.45, 7) is 0.416. The number of hydrogen-bond acceptors (Lipinski definition) is 7. The fourth-order valence-electron chi connectivity index (χ4n) is 4.21. The molecule has 0 radical (unpaired) electrons. The Bertz CT molecular complexity index is 1370. The number of nitrogens with two attached hydrogens (primary N) is 1. The van der Waals surface area contributed by atoms with E-state index in [4.69, 9.17) is 5.73 Å². The Morgan fingerprint density at radius 1 is 1.26 bits per heavy atom. The Morgan fingerprint density at radius 2 is 2.00 bits per heavy atom. The van der Waals surface area contributed by atoms with Crippen LogP contribution < -0.4 is 27.2 Å². The van der Waals surface area contributed by atoms with Gasteiger partial charge in [0, 0.05) is 24.9 Å². The highest BCUT2D eigenvalue weighted by Crippen LogP contribution is 2.37. The lowest BCUT2D eigenvalue weighted by Crippen LogP contribution is -2.38. The molecule has 0 aliphatic heterocycles. The molecule has 2 heterocycles. The first-order valence-corrected chi connectivity index (χ1v) is 11.9. The maximum Gasteiger partial charge on any atom is 0.330 e. The third-order valence-corrected chi connectivity index (χ3v) is 7.20. The highest BCUT2D eigenvalue weighted by atomic mass is 32.1. The molecule has 0 saturated heterocycles. The van der Waals surface area contributed by atoms with E-state index in [0.29, 0.717) is 10.6 Å². The van der Waals surface area contributed by atoms with Gasteiger partial charge in [0.05, 0.1) is 12.1 Å². The maximum atomic E-state index is 12.6. The Kier molecular flexibility index (Phi) is 6.84. The van der Waals surface area contributed by atoms with Crippen LogP contribution in [0, 0.1) is 11.3 Å². The maximum absolute atomic E-state index is 12.6. The van der Waals surface area contributed by atoms with Crippen molar-refractivity contribution in [2.75, 3.05) is 29.5 Å². The molecular weight excluding hydrogens is 452 g/mol. The summed E-state index contributed by atoms with van der Waals surface area (Å²) in [5, 5.41) is 13.0. The zero-order valence-electron chi connectivity index (χ0n) is 18.9. The highest BCUT2D eigenvalue weighted by molar-refractivity contribution is 7.16. The number of aromatic nitrogens is 2. The number of fused-ring (bicyclic) bond motifs is 1. The van der Waals surface area contributed by atoms with Gasteiger partial charge in [-0.2, -0.15) is 5.26 Å². The molecule has 1 aliphatic carbocycles. The molecule has 0 saturated carbocycles. The molecule has 4 N–H and O–H groups in total. The minimum atomic E-state index is -0.604. The third-order valence-electron chi connectivity index (χ3n) is 5.99. The van der Waals surface area contributed by atoms with Crippen molar-refractivity contribution in [3.05, 3.63) is 72.7 Å². The van der Waals surface area contributed by atoms with Crippen molar-refractivity contribution < 1.29 is 4.79 Å². The van der Waals surface area contributed by atoms with Gasteiger partial charge in [0.1, 0.15) is 22.6 Å². The number of nitrogen functional groups attached to an aromatic ring is 1. The summed E-state index contributed by atoms with van der Waals surface area (Å²) >= 11 is 1.47. The zero-order chi connectivity index (χ0) is 24.2. The van der Waals surface area contributed by atoms with Crippen molar-refractivity contribution in [2.45, 2.75) is 38.6 Å². The lowest BCUT2D eigenvalue weighted by Gasteiger charge is -2.21. The van der Waals surface area contributed by atoms with Crippen molar-refractivity contribution in [2.24, 2.45) is 0 Å². The SMILES string of the molecule is CN(CCC(=O)Nc1sc2c(c1C#N)CCCC2)c1c(N)n(Cc2ccccc2)c(=O)[nH]c1=O. The first kappa shape index (κ1) is 23.3. The quantitative estimate of drug-likeness (QED) is 0.477. The van der Waals surface area contributed by atoms with Crippen LogP contribution in [-0.4, -0.2) is 29.1 Å². The predicted molar refractivity (Wildman–Crippen MR) is 133 cm³/mol. The van der Waals surface area contributed by atoms with Gasteiger partial charge in [0.15, 0.2) is 0 Å². The molecule has 34 heavy (non-hydrogen) atoms. The van der Waals surface area contributed by atoms with E-state index in [-0.39, 0.29) is 36.9 Å². The molecule has 0 atom stereocenters. The van der Waals surface area contributed by atoms with Gasteiger partial charge in [-0.15, -0.1) is 11.3 Å². The van der Waals surface area contributed by atoms with E-state index in [0.717, 1.165) is 36.8 Å². The molecule has 1 amide bonds. The van der Waals surface area contributed by atoms with Gasteiger partial charge in [-0.1, -0.05) is 30.3 Å². The van der Waals surface area contributed by atoms with Crippen LogP contribution in [-0.2, 0) is 24.2 Å². The van der Waals surface area contributed by atoms with Gasteiger partial charge >= 0.3 is 5.69 Å². The van der Waals surface area contributed by atoms with Crippen molar-refractivity contribution >= 4 is 33.8 Å². The summed E-state index contributed by atoms with van der Waals surface area (Å²) in [7, 11) is 1.65. The molecule has 176 valence electrons. The highest BCUT2D eigenvalue weighted by Gasteiger charge is 2.22. The Labute approximate surface area is 200 Å². The lowest BCUT2D eigenvalue weighted by atomic mass is 9.96. The van der Waals surface area contributed by atoms with Crippen LogP contribution in [0.3, 0.4) is 0 Å². The molecular formula is C24H26N6O3S. The second kappa shape index (κ2) is 9.97. The van der Waals surface area contributed by atoms with E-state index in [1.54, 1.807) is 11.9 Å². The second-order valence-electron chi connectivity index (χ2n) is 8.31. The van der Waals surface area contributed by atoms with Gasteiger partial charge in [-0.25, -0.2) is 4.79 Å². The number of hydrogen-bond donors (Lipinski definition) is 3. The number of benzene rings is 1. The lowest BCUT2D eigenvalue weighted by molar-refractivity contribution is -0.116. The standard InChI is InChI=1S/C24H26N6O3S/c1-29(12-11-19(31)27-23-17(13-25)16-9-5-6-10-18(16)34-23)20-21(26)30(24(33)28-22(20)32)14-15-7-3-2-4-8-15/h2-4,7-8H,5-6,9-12,14,26H2,1H3,(H,27,31)(H,28,32,33). The van der Waals surface area contributed by atoms with E-state index in [2.05, 4.69) is 16.4 Å². The Hall–Kier alpha value is -3.84. The minimum Gasteiger partial charge on any atom is -0.383 e. The van der Waals surface area contributed by atoms with E-state index in [1.807, 2.05) is 30.3 Å². The minimum absolute atomic E-state index is 0.0400. The molecule has 0 bridgehead atoms. The summed E-state index contributed by atoms with van der Waals surface area (Å²) < 4.78 is 1.30. The molecule has 0 unspecified atom stereocenters. The summed E-state index contributed by atoms with van der Waals surface area (Å²) in [5.41, 5.74) is 7.65. The van der Waals surface area contributed by atoms with Crippen molar-refractivity contribution in [3.8, 4) is 6.07 Å².